The molecule has 2 rings (SSSR count). The molecule has 0 saturated heterocycles. The Balaban J connectivity index is 2.04. The number of esters is 1. The molecule has 0 aromatic heterocycles. The topological polar surface area (TPSA) is 26.3 Å². The number of halogens is 6. The minimum absolute atomic E-state index is 0.151. The van der Waals surface area contributed by atoms with Crippen LogP contribution in [0.1, 0.15) is 19.4 Å². The van der Waals surface area contributed by atoms with Crippen molar-refractivity contribution in [3.05, 3.63) is 46.5 Å². The Morgan fingerprint density at radius 3 is 2.54 bits per heavy atom. The first-order chi connectivity index (χ1) is 11.0. The molecular weight excluding hydrogens is 355 g/mol. The molecule has 0 amide bonds. The number of alkyl halides is 3. The fourth-order valence-corrected chi connectivity index (χ4v) is 2.73. The first-order valence-electron chi connectivity index (χ1n) is 7.00. The van der Waals surface area contributed by atoms with Gasteiger partial charge in [-0.05, 0) is 17.4 Å². The van der Waals surface area contributed by atoms with Crippen molar-refractivity contribution in [2.75, 3.05) is 0 Å². The van der Waals surface area contributed by atoms with Gasteiger partial charge in [0.2, 0.25) is 0 Å². The molecule has 2 unspecified atom stereocenters. The second kappa shape index (κ2) is 6.35. The van der Waals surface area contributed by atoms with Crippen molar-refractivity contribution in [1.29, 1.82) is 0 Å². The van der Waals surface area contributed by atoms with Crippen LogP contribution in [-0.4, -0.2) is 12.1 Å². The molecule has 0 heterocycles. The number of hydrogen-bond acceptors (Lipinski definition) is 2. The van der Waals surface area contributed by atoms with E-state index in [0.717, 1.165) is 12.1 Å². The highest BCUT2D eigenvalue weighted by Gasteiger charge is 2.62. The van der Waals surface area contributed by atoms with Gasteiger partial charge in [0.1, 0.15) is 11.6 Å². The first-order valence-corrected chi connectivity index (χ1v) is 7.38. The summed E-state index contributed by atoms with van der Waals surface area (Å²) in [4.78, 5) is 12.0. The summed E-state index contributed by atoms with van der Waals surface area (Å²) in [6.07, 6.45) is -3.89. The number of carbonyl (C=O) groups excluding carboxylic acids is 1. The van der Waals surface area contributed by atoms with Gasteiger partial charge < -0.3 is 4.74 Å². The highest BCUT2D eigenvalue weighted by molar-refractivity contribution is 6.30. The highest BCUT2D eigenvalue weighted by Crippen LogP contribution is 2.60. The van der Waals surface area contributed by atoms with E-state index in [-0.39, 0.29) is 5.56 Å². The standard InChI is InChI=1S/C16H14ClF5O2/c1-15(2)9(6-11(17)16(20,21)22)12(15)14(23)24-7-8-4-3-5-10(18)13(8)19/h3-6,9,12H,7H2,1-2H3. The van der Waals surface area contributed by atoms with Gasteiger partial charge in [0, 0.05) is 5.56 Å². The summed E-state index contributed by atoms with van der Waals surface area (Å²) in [6, 6.07) is 3.43. The Bertz CT molecular complexity index is 682. The lowest BCUT2D eigenvalue weighted by atomic mass is 10.1. The van der Waals surface area contributed by atoms with Crippen LogP contribution >= 0.6 is 11.6 Å². The molecule has 0 aliphatic heterocycles. The lowest BCUT2D eigenvalue weighted by molar-refractivity contribution is -0.147. The predicted octanol–water partition coefficient (Wildman–Crippen LogP) is 4.97. The van der Waals surface area contributed by atoms with Crippen LogP contribution in [0.15, 0.2) is 29.3 Å². The molecule has 132 valence electrons. The van der Waals surface area contributed by atoms with Crippen molar-refractivity contribution in [3.63, 3.8) is 0 Å². The molecule has 8 heteroatoms. The van der Waals surface area contributed by atoms with Crippen LogP contribution in [0.25, 0.3) is 0 Å². The van der Waals surface area contributed by atoms with Crippen LogP contribution in [0.5, 0.6) is 0 Å². The van der Waals surface area contributed by atoms with Crippen LogP contribution in [-0.2, 0) is 16.1 Å². The van der Waals surface area contributed by atoms with E-state index in [1.807, 2.05) is 0 Å². The van der Waals surface area contributed by atoms with Crippen LogP contribution in [0.4, 0.5) is 22.0 Å². The first kappa shape index (κ1) is 18.7. The summed E-state index contributed by atoms with van der Waals surface area (Å²) in [5.74, 6) is -4.55. The van der Waals surface area contributed by atoms with E-state index in [1.165, 1.54) is 12.1 Å². The van der Waals surface area contributed by atoms with Crippen molar-refractivity contribution < 1.29 is 31.5 Å². The second-order valence-electron chi connectivity index (χ2n) is 6.16. The molecule has 0 radical (unpaired) electrons. The van der Waals surface area contributed by atoms with E-state index in [2.05, 4.69) is 0 Å². The number of rotatable bonds is 4. The Morgan fingerprint density at radius 2 is 1.96 bits per heavy atom. The summed E-state index contributed by atoms with van der Waals surface area (Å²) in [5.41, 5.74) is -0.912. The molecule has 1 saturated carbocycles. The number of hydrogen-bond donors (Lipinski definition) is 0. The Labute approximate surface area is 140 Å². The predicted molar refractivity (Wildman–Crippen MR) is 76.9 cm³/mol. The SMILES string of the molecule is CC1(C)C(C=C(Cl)C(F)(F)F)C1C(=O)OCc1cccc(F)c1F. The zero-order chi connectivity index (χ0) is 18.3. The minimum Gasteiger partial charge on any atom is -0.460 e. The Hall–Kier alpha value is -1.63. The summed E-state index contributed by atoms with van der Waals surface area (Å²) >= 11 is 5.19. The third kappa shape index (κ3) is 3.71. The zero-order valence-corrected chi connectivity index (χ0v) is 13.5. The van der Waals surface area contributed by atoms with Crippen molar-refractivity contribution in [2.24, 2.45) is 17.3 Å². The molecule has 1 aliphatic carbocycles. The molecule has 0 N–H and O–H groups in total. The van der Waals surface area contributed by atoms with Gasteiger partial charge >= 0.3 is 12.1 Å². The molecule has 1 aromatic rings. The monoisotopic (exact) mass is 368 g/mol. The molecule has 2 atom stereocenters. The van der Waals surface area contributed by atoms with Gasteiger partial charge in [-0.25, -0.2) is 8.78 Å². The largest absolute Gasteiger partial charge is 0.460 e. The average molecular weight is 369 g/mol. The molecular formula is C16H14ClF5O2. The molecule has 24 heavy (non-hydrogen) atoms. The molecule has 1 aromatic carbocycles. The summed E-state index contributed by atoms with van der Waals surface area (Å²) < 4.78 is 68.9. The average Bonchev–Trinajstić information content (AvgIpc) is 3.00. The van der Waals surface area contributed by atoms with Crippen LogP contribution in [0.2, 0.25) is 0 Å². The maximum absolute atomic E-state index is 13.5. The fraction of sp³-hybridized carbons (Fsp3) is 0.438. The van der Waals surface area contributed by atoms with Gasteiger partial charge in [-0.2, -0.15) is 13.2 Å². The summed E-state index contributed by atoms with van der Waals surface area (Å²) in [7, 11) is 0. The maximum Gasteiger partial charge on any atom is 0.426 e. The maximum atomic E-state index is 13.5. The third-order valence-electron chi connectivity index (χ3n) is 4.16. The second-order valence-corrected chi connectivity index (χ2v) is 6.57. The van der Waals surface area contributed by atoms with Crippen LogP contribution < -0.4 is 0 Å². The van der Waals surface area contributed by atoms with Crippen molar-refractivity contribution >= 4 is 17.6 Å². The smallest absolute Gasteiger partial charge is 0.426 e. The third-order valence-corrected chi connectivity index (χ3v) is 4.50. The number of allylic oxidation sites excluding steroid dienone is 2. The van der Waals surface area contributed by atoms with E-state index >= 15 is 0 Å². The van der Waals surface area contributed by atoms with E-state index in [0.29, 0.717) is 0 Å². The minimum atomic E-state index is -4.68. The summed E-state index contributed by atoms with van der Waals surface area (Å²) in [5, 5.41) is -1.30. The molecule has 1 fully saturated rings. The van der Waals surface area contributed by atoms with Gasteiger partial charge in [-0.1, -0.05) is 43.7 Å². The molecule has 0 bridgehead atoms. The van der Waals surface area contributed by atoms with Gasteiger partial charge in [0.25, 0.3) is 0 Å². The van der Waals surface area contributed by atoms with Crippen molar-refractivity contribution in [3.8, 4) is 0 Å². The van der Waals surface area contributed by atoms with Crippen molar-refractivity contribution in [2.45, 2.75) is 26.6 Å². The van der Waals surface area contributed by atoms with Gasteiger partial charge in [0.05, 0.1) is 5.92 Å². The number of benzene rings is 1. The Morgan fingerprint density at radius 1 is 1.33 bits per heavy atom. The number of carbonyl (C=O) groups is 1. The van der Waals surface area contributed by atoms with E-state index in [1.54, 1.807) is 13.8 Å². The van der Waals surface area contributed by atoms with Crippen molar-refractivity contribution in [1.82, 2.24) is 0 Å². The molecule has 1 aliphatic rings. The van der Waals surface area contributed by atoms with E-state index in [9.17, 15) is 26.7 Å². The Kier molecular flexibility index (Phi) is 4.95. The quantitative estimate of drug-likeness (QED) is 0.554. The normalized spacial score (nSPS) is 23.1. The zero-order valence-electron chi connectivity index (χ0n) is 12.8. The summed E-state index contributed by atoms with van der Waals surface area (Å²) in [6.45, 7) is 2.70. The lowest BCUT2D eigenvalue weighted by Crippen LogP contribution is -2.12. The molecule has 2 nitrogen and oxygen atoms in total. The van der Waals surface area contributed by atoms with E-state index in [4.69, 9.17) is 16.3 Å². The lowest BCUT2D eigenvalue weighted by Gasteiger charge is -2.07. The highest BCUT2D eigenvalue weighted by atomic mass is 35.5. The van der Waals surface area contributed by atoms with Gasteiger partial charge in [0.15, 0.2) is 11.6 Å². The van der Waals surface area contributed by atoms with E-state index < -0.39 is 52.7 Å². The molecule has 0 spiro atoms. The van der Waals surface area contributed by atoms with Gasteiger partial charge in [-0.3, -0.25) is 4.79 Å². The fourth-order valence-electron chi connectivity index (χ4n) is 2.59. The number of ether oxygens (including phenoxy) is 1. The van der Waals surface area contributed by atoms with Crippen LogP contribution in [0, 0.1) is 28.9 Å². The van der Waals surface area contributed by atoms with Gasteiger partial charge in [-0.15, -0.1) is 0 Å². The van der Waals surface area contributed by atoms with Crippen LogP contribution in [0.3, 0.4) is 0 Å².